The Balaban J connectivity index is 1.15. The van der Waals surface area contributed by atoms with Crippen molar-refractivity contribution in [1.82, 2.24) is 14.7 Å². The van der Waals surface area contributed by atoms with Crippen molar-refractivity contribution in [3.63, 3.8) is 0 Å². The first-order valence-corrected chi connectivity index (χ1v) is 11.8. The minimum absolute atomic E-state index is 0.147. The Kier molecular flexibility index (Phi) is 5.69. The summed E-state index contributed by atoms with van der Waals surface area (Å²) in [5.41, 5.74) is 1.80. The number of carbonyl (C=O) groups is 1. The zero-order valence-corrected chi connectivity index (χ0v) is 18.0. The highest BCUT2D eigenvalue weighted by molar-refractivity contribution is 8.16. The molecule has 0 radical (unpaired) electrons. The number of para-hydroxylation sites is 1. The average Bonchev–Trinajstić information content (AvgIpc) is 3.40. The Labute approximate surface area is 181 Å². The molecular weight excluding hydrogens is 401 g/mol. The number of amides is 1. The van der Waals surface area contributed by atoms with E-state index in [1.54, 1.807) is 17.8 Å². The monoisotopic (exact) mass is 429 g/mol. The summed E-state index contributed by atoms with van der Waals surface area (Å²) in [7, 11) is 0. The van der Waals surface area contributed by atoms with Crippen molar-refractivity contribution in [2.75, 3.05) is 57.3 Å². The number of hydrogen-bond acceptors (Lipinski definition) is 6. The maximum atomic E-state index is 14.1. The molecule has 0 N–H and O–H groups in total. The van der Waals surface area contributed by atoms with E-state index in [-0.39, 0.29) is 11.7 Å². The van der Waals surface area contributed by atoms with E-state index in [9.17, 15) is 9.18 Å². The lowest BCUT2D eigenvalue weighted by Gasteiger charge is -2.44. The Hall–Kier alpha value is -2.06. The van der Waals surface area contributed by atoms with E-state index in [0.29, 0.717) is 18.2 Å². The number of carbonyl (C=O) groups excluding carboxylic acids is 1. The van der Waals surface area contributed by atoms with Crippen LogP contribution in [0.1, 0.15) is 19.3 Å². The summed E-state index contributed by atoms with van der Waals surface area (Å²) < 4.78 is 14.1. The first-order valence-electron chi connectivity index (χ1n) is 10.9. The fourth-order valence-corrected chi connectivity index (χ4v) is 5.85. The zero-order chi connectivity index (χ0) is 20.5. The summed E-state index contributed by atoms with van der Waals surface area (Å²) in [5.74, 6) is 0.0793. The van der Waals surface area contributed by atoms with E-state index in [2.05, 4.69) is 25.1 Å². The first kappa shape index (κ1) is 19.9. The lowest BCUT2D eigenvalue weighted by molar-refractivity contribution is -0.132. The van der Waals surface area contributed by atoms with Gasteiger partial charge in [-0.25, -0.2) is 4.39 Å². The molecule has 0 aliphatic carbocycles. The molecule has 1 aromatic carbocycles. The molecule has 1 amide bonds. The summed E-state index contributed by atoms with van der Waals surface area (Å²) in [4.78, 5) is 26.3. The highest BCUT2D eigenvalue weighted by Gasteiger charge is 2.33. The minimum atomic E-state index is -0.147. The van der Waals surface area contributed by atoms with Crippen LogP contribution in [0.25, 0.3) is 0 Å². The molecule has 2 saturated heterocycles. The van der Waals surface area contributed by atoms with E-state index in [1.165, 1.54) is 6.07 Å². The van der Waals surface area contributed by atoms with Crippen LogP contribution >= 0.6 is 11.8 Å². The zero-order valence-electron chi connectivity index (χ0n) is 17.2. The van der Waals surface area contributed by atoms with Crippen LogP contribution in [0.2, 0.25) is 0 Å². The third-order valence-electron chi connectivity index (χ3n) is 6.55. The maximum absolute atomic E-state index is 14.1. The van der Waals surface area contributed by atoms with Gasteiger partial charge in [0.2, 0.25) is 5.91 Å². The first-order chi connectivity index (χ1) is 14.7. The predicted molar refractivity (Wildman–Crippen MR) is 119 cm³/mol. The van der Waals surface area contributed by atoms with Gasteiger partial charge >= 0.3 is 0 Å². The van der Waals surface area contributed by atoms with Gasteiger partial charge in [0.05, 0.1) is 18.7 Å². The van der Waals surface area contributed by atoms with Gasteiger partial charge in [0.1, 0.15) is 5.82 Å². The molecule has 4 heterocycles. The quantitative estimate of drug-likeness (QED) is 0.736. The molecule has 6 nitrogen and oxygen atoms in total. The average molecular weight is 430 g/mol. The normalized spacial score (nSPS) is 24.7. The molecule has 160 valence electrons. The van der Waals surface area contributed by atoms with Crippen LogP contribution in [0.15, 0.2) is 40.4 Å². The van der Waals surface area contributed by atoms with E-state index in [0.717, 1.165) is 76.1 Å². The van der Waals surface area contributed by atoms with Crippen LogP contribution in [0.5, 0.6) is 0 Å². The topological polar surface area (TPSA) is 42.4 Å². The number of rotatable bonds is 4. The molecule has 1 aromatic rings. The van der Waals surface area contributed by atoms with Gasteiger partial charge < -0.3 is 14.7 Å². The van der Waals surface area contributed by atoms with Crippen molar-refractivity contribution < 1.29 is 9.18 Å². The number of hydrogen-bond donors (Lipinski definition) is 0. The second-order valence-corrected chi connectivity index (χ2v) is 9.17. The van der Waals surface area contributed by atoms with E-state index in [4.69, 9.17) is 0 Å². The van der Waals surface area contributed by atoms with Crippen LogP contribution in [-0.4, -0.2) is 84.2 Å². The number of piperazine rings is 1. The van der Waals surface area contributed by atoms with E-state index < -0.39 is 0 Å². The smallest absolute Gasteiger partial charge is 0.228 e. The third kappa shape index (κ3) is 3.95. The van der Waals surface area contributed by atoms with Crippen LogP contribution < -0.4 is 4.90 Å². The fourth-order valence-electron chi connectivity index (χ4n) is 4.90. The molecular formula is C22H28FN5OS. The van der Waals surface area contributed by atoms with Crippen LogP contribution in [0, 0.1) is 5.82 Å². The lowest BCUT2D eigenvalue weighted by Crippen LogP contribution is -2.56. The summed E-state index contributed by atoms with van der Waals surface area (Å²) >= 11 is 1.64. The largest absolute Gasteiger partial charge is 0.367 e. The third-order valence-corrected chi connectivity index (χ3v) is 7.50. The fraction of sp³-hybridized carbons (Fsp3) is 0.545. The highest BCUT2D eigenvalue weighted by atomic mass is 32.2. The Morgan fingerprint density at radius 3 is 2.80 bits per heavy atom. The van der Waals surface area contributed by atoms with Crippen molar-refractivity contribution in [3.8, 4) is 0 Å². The second-order valence-electron chi connectivity index (χ2n) is 8.33. The molecule has 0 saturated carbocycles. The van der Waals surface area contributed by atoms with Crippen molar-refractivity contribution in [1.29, 1.82) is 0 Å². The molecule has 0 bridgehead atoms. The number of thioether (sulfide) groups is 1. The van der Waals surface area contributed by atoms with Gasteiger partial charge in [-0.2, -0.15) is 0 Å². The molecule has 0 unspecified atom stereocenters. The molecule has 8 heteroatoms. The number of halogens is 1. The Morgan fingerprint density at radius 2 is 1.97 bits per heavy atom. The van der Waals surface area contributed by atoms with Crippen LogP contribution in [-0.2, 0) is 4.79 Å². The van der Waals surface area contributed by atoms with Gasteiger partial charge in [-0.05, 0) is 30.4 Å². The number of piperidine rings is 1. The molecule has 4 aliphatic heterocycles. The molecule has 0 spiro atoms. The summed E-state index contributed by atoms with van der Waals surface area (Å²) in [6, 6.07) is 7.42. The second kappa shape index (κ2) is 8.59. The Morgan fingerprint density at radius 1 is 1.13 bits per heavy atom. The molecule has 5 rings (SSSR count). The van der Waals surface area contributed by atoms with Gasteiger partial charge in [0, 0.05) is 57.6 Å². The van der Waals surface area contributed by atoms with Gasteiger partial charge in [-0.15, -0.1) is 0 Å². The maximum Gasteiger partial charge on any atom is 0.228 e. The number of amidine groups is 1. The van der Waals surface area contributed by atoms with Crippen molar-refractivity contribution >= 4 is 28.5 Å². The number of benzene rings is 1. The van der Waals surface area contributed by atoms with Crippen LogP contribution in [0.4, 0.5) is 10.1 Å². The van der Waals surface area contributed by atoms with E-state index >= 15 is 0 Å². The minimum Gasteiger partial charge on any atom is -0.367 e. The molecule has 1 atom stereocenters. The van der Waals surface area contributed by atoms with Crippen LogP contribution in [0.3, 0.4) is 0 Å². The number of aliphatic imine (C=N–C) groups is 1. The van der Waals surface area contributed by atoms with Gasteiger partial charge in [-0.1, -0.05) is 23.9 Å². The van der Waals surface area contributed by atoms with Gasteiger partial charge in [0.15, 0.2) is 5.17 Å². The number of anilines is 1. The lowest BCUT2D eigenvalue weighted by atomic mass is 10.0. The number of likely N-dealkylation sites (tertiary alicyclic amines) is 1. The molecule has 0 aromatic heterocycles. The van der Waals surface area contributed by atoms with Gasteiger partial charge in [-0.3, -0.25) is 14.7 Å². The number of nitrogens with zero attached hydrogens (tertiary/aromatic N) is 5. The highest BCUT2D eigenvalue weighted by Crippen LogP contribution is 2.31. The van der Waals surface area contributed by atoms with Crippen molar-refractivity contribution in [3.05, 3.63) is 41.2 Å². The predicted octanol–water partition coefficient (Wildman–Crippen LogP) is 2.59. The van der Waals surface area contributed by atoms with E-state index in [1.807, 2.05) is 17.0 Å². The summed E-state index contributed by atoms with van der Waals surface area (Å²) in [6.45, 7) is 6.87. The van der Waals surface area contributed by atoms with Crippen molar-refractivity contribution in [2.24, 2.45) is 4.99 Å². The summed E-state index contributed by atoms with van der Waals surface area (Å²) in [6.07, 6.45) is 2.65. The van der Waals surface area contributed by atoms with Gasteiger partial charge in [0.25, 0.3) is 0 Å². The molecule has 2 fully saturated rings. The standard InChI is InChI=1S/C22H28FN5OS/c23-19-5-1-2-6-20(19)26-12-10-25(11-13-26)17-4-3-8-27(15-17)21(29)14-18-16-30-22-24-7-9-28(18)22/h1-2,5-6,16-17H,3-4,7-15H2/t17-/m0/s1. The SMILES string of the molecule is O=C(CC1=CSC2=NCCN12)N1CCC[C@H](N2CCN(c3ccccc3F)CC2)C1. The summed E-state index contributed by atoms with van der Waals surface area (Å²) in [5, 5.41) is 3.13. The molecule has 4 aliphatic rings. The molecule has 30 heavy (non-hydrogen) atoms. The Bertz CT molecular complexity index is 867. The van der Waals surface area contributed by atoms with Crippen molar-refractivity contribution in [2.45, 2.75) is 25.3 Å². The number of fused-ring (bicyclic) bond motifs is 1.